The van der Waals surface area contributed by atoms with Gasteiger partial charge in [0.2, 0.25) is 0 Å². The zero-order valence-electron chi connectivity index (χ0n) is 13.3. The van der Waals surface area contributed by atoms with E-state index < -0.39 is 0 Å². The minimum absolute atomic E-state index is 0.555. The summed E-state index contributed by atoms with van der Waals surface area (Å²) in [6.45, 7) is 0. The van der Waals surface area contributed by atoms with Crippen LogP contribution in [0.25, 0.3) is 10.2 Å². The van der Waals surface area contributed by atoms with Gasteiger partial charge in [-0.05, 0) is 68.4 Å². The molecule has 3 nitrogen and oxygen atoms in total. The van der Waals surface area contributed by atoms with Gasteiger partial charge >= 0.3 is 0 Å². The van der Waals surface area contributed by atoms with E-state index in [1.165, 1.54) is 47.9 Å². The number of thiophene rings is 1. The van der Waals surface area contributed by atoms with E-state index in [-0.39, 0.29) is 0 Å². The van der Waals surface area contributed by atoms with E-state index in [1.807, 2.05) is 35.6 Å². The number of aryl methyl sites for hydroxylation is 2. The summed E-state index contributed by atoms with van der Waals surface area (Å²) in [5, 5.41) is 5.52. The topological polar surface area (TPSA) is 37.8 Å². The van der Waals surface area contributed by atoms with Gasteiger partial charge in [0.05, 0.1) is 5.39 Å². The molecule has 2 aliphatic rings. The number of nitrogens with zero attached hydrogens (tertiary/aromatic N) is 2. The van der Waals surface area contributed by atoms with Gasteiger partial charge in [-0.3, -0.25) is 0 Å². The molecule has 122 valence electrons. The molecule has 2 aliphatic carbocycles. The third kappa shape index (κ3) is 2.58. The quantitative estimate of drug-likeness (QED) is 0.640. The average molecular weight is 356 g/mol. The van der Waals surface area contributed by atoms with Gasteiger partial charge in [0, 0.05) is 21.5 Å². The molecule has 24 heavy (non-hydrogen) atoms. The van der Waals surface area contributed by atoms with Crippen molar-refractivity contribution in [1.82, 2.24) is 9.97 Å². The fourth-order valence-corrected chi connectivity index (χ4v) is 4.85. The first-order chi connectivity index (χ1) is 11.8. The molecule has 2 aromatic heterocycles. The van der Waals surface area contributed by atoms with Crippen molar-refractivity contribution < 1.29 is 0 Å². The van der Waals surface area contributed by atoms with Gasteiger partial charge < -0.3 is 5.32 Å². The summed E-state index contributed by atoms with van der Waals surface area (Å²) < 4.78 is 0. The lowest BCUT2D eigenvalue weighted by Gasteiger charge is -2.13. The molecular formula is C19H18ClN3S. The van der Waals surface area contributed by atoms with Crippen LogP contribution in [0, 0.1) is 0 Å². The highest BCUT2D eigenvalue weighted by molar-refractivity contribution is 7.19. The smallest absolute Gasteiger partial charge is 0.143 e. The van der Waals surface area contributed by atoms with Crippen LogP contribution in [-0.4, -0.2) is 9.97 Å². The van der Waals surface area contributed by atoms with Crippen molar-refractivity contribution in [3.63, 3.8) is 0 Å². The highest BCUT2D eigenvalue weighted by Gasteiger charge is 2.29. The molecule has 3 aromatic rings. The minimum Gasteiger partial charge on any atom is -0.340 e. The Morgan fingerprint density at radius 2 is 1.83 bits per heavy atom. The fourth-order valence-electron chi connectivity index (χ4n) is 3.46. The van der Waals surface area contributed by atoms with Crippen molar-refractivity contribution in [2.24, 2.45) is 0 Å². The summed E-state index contributed by atoms with van der Waals surface area (Å²) in [5.74, 6) is 2.54. The zero-order chi connectivity index (χ0) is 16.1. The number of fused-ring (bicyclic) bond motifs is 3. The lowest BCUT2D eigenvalue weighted by molar-refractivity contribution is 0.700. The molecule has 0 bridgehead atoms. The second-order valence-corrected chi connectivity index (χ2v) is 8.25. The normalized spacial score (nSPS) is 17.0. The van der Waals surface area contributed by atoms with Gasteiger partial charge in [-0.1, -0.05) is 11.6 Å². The minimum atomic E-state index is 0.555. The number of hydrogen-bond donors (Lipinski definition) is 1. The van der Waals surface area contributed by atoms with E-state index in [0.29, 0.717) is 5.92 Å². The number of anilines is 2. The fraction of sp³-hybridized carbons (Fsp3) is 0.368. The van der Waals surface area contributed by atoms with Gasteiger partial charge in [0.25, 0.3) is 0 Å². The molecule has 0 aliphatic heterocycles. The van der Waals surface area contributed by atoms with Crippen LogP contribution in [0.1, 0.15) is 47.9 Å². The Morgan fingerprint density at radius 1 is 1.04 bits per heavy atom. The maximum Gasteiger partial charge on any atom is 0.143 e. The largest absolute Gasteiger partial charge is 0.340 e. The molecule has 2 heterocycles. The Bertz CT molecular complexity index is 913. The predicted molar refractivity (Wildman–Crippen MR) is 101 cm³/mol. The van der Waals surface area contributed by atoms with E-state index >= 15 is 0 Å². The van der Waals surface area contributed by atoms with Crippen molar-refractivity contribution >= 4 is 44.7 Å². The van der Waals surface area contributed by atoms with Crippen LogP contribution in [0.15, 0.2) is 24.3 Å². The summed E-state index contributed by atoms with van der Waals surface area (Å²) in [7, 11) is 0. The summed E-state index contributed by atoms with van der Waals surface area (Å²) >= 11 is 7.88. The van der Waals surface area contributed by atoms with Crippen LogP contribution in [0.3, 0.4) is 0 Å². The van der Waals surface area contributed by atoms with Crippen LogP contribution in [0.2, 0.25) is 5.02 Å². The molecule has 1 fully saturated rings. The summed E-state index contributed by atoms with van der Waals surface area (Å²) in [6, 6.07) is 7.83. The van der Waals surface area contributed by atoms with E-state index in [2.05, 4.69) is 5.32 Å². The first-order valence-corrected chi connectivity index (χ1v) is 9.82. The molecular weight excluding hydrogens is 338 g/mol. The molecule has 1 aromatic carbocycles. The van der Waals surface area contributed by atoms with Crippen molar-refractivity contribution in [3.05, 3.63) is 45.6 Å². The van der Waals surface area contributed by atoms with Crippen molar-refractivity contribution in [1.29, 1.82) is 0 Å². The van der Waals surface area contributed by atoms with Crippen molar-refractivity contribution in [2.45, 2.75) is 44.4 Å². The maximum absolute atomic E-state index is 6.01. The first-order valence-electron chi connectivity index (χ1n) is 8.63. The van der Waals surface area contributed by atoms with Crippen LogP contribution in [-0.2, 0) is 12.8 Å². The molecule has 1 N–H and O–H groups in total. The summed E-state index contributed by atoms with van der Waals surface area (Å²) in [5.41, 5.74) is 2.50. The van der Waals surface area contributed by atoms with E-state index in [0.717, 1.165) is 33.6 Å². The van der Waals surface area contributed by atoms with Crippen LogP contribution >= 0.6 is 22.9 Å². The number of rotatable bonds is 3. The van der Waals surface area contributed by atoms with Gasteiger partial charge in [-0.25, -0.2) is 9.97 Å². The second-order valence-electron chi connectivity index (χ2n) is 6.73. The lowest BCUT2D eigenvalue weighted by Crippen LogP contribution is -2.03. The molecule has 1 saturated carbocycles. The standard InChI is InChI=1S/C19H18ClN3S/c20-12-7-9-13(10-8-12)21-18-16-14-3-1-2-4-15(14)24-19(16)23-17(22-18)11-5-6-11/h7-11H,1-6H2,(H,21,22,23). The Labute approximate surface area is 150 Å². The first kappa shape index (κ1) is 14.7. The molecule has 0 saturated heterocycles. The summed E-state index contributed by atoms with van der Waals surface area (Å²) in [6.07, 6.45) is 7.34. The molecule has 0 atom stereocenters. The Hall–Kier alpha value is -1.65. The van der Waals surface area contributed by atoms with Crippen LogP contribution in [0.5, 0.6) is 0 Å². The Morgan fingerprint density at radius 3 is 2.62 bits per heavy atom. The number of hydrogen-bond acceptors (Lipinski definition) is 4. The molecule has 0 unspecified atom stereocenters. The monoisotopic (exact) mass is 355 g/mol. The van der Waals surface area contributed by atoms with Gasteiger partial charge in [-0.15, -0.1) is 11.3 Å². The van der Waals surface area contributed by atoms with Crippen LogP contribution < -0.4 is 5.32 Å². The highest BCUT2D eigenvalue weighted by atomic mass is 35.5. The van der Waals surface area contributed by atoms with Crippen molar-refractivity contribution in [2.75, 3.05) is 5.32 Å². The predicted octanol–water partition coefficient (Wildman–Crippen LogP) is 5.84. The maximum atomic E-state index is 6.01. The lowest BCUT2D eigenvalue weighted by atomic mass is 9.97. The summed E-state index contributed by atoms with van der Waals surface area (Å²) in [4.78, 5) is 12.5. The number of halogens is 1. The zero-order valence-corrected chi connectivity index (χ0v) is 14.9. The van der Waals surface area contributed by atoms with Gasteiger partial charge in [0.1, 0.15) is 16.5 Å². The average Bonchev–Trinajstić information content (AvgIpc) is 3.37. The third-order valence-electron chi connectivity index (χ3n) is 4.88. The highest BCUT2D eigenvalue weighted by Crippen LogP contribution is 2.43. The second kappa shape index (κ2) is 5.71. The third-order valence-corrected chi connectivity index (χ3v) is 6.32. The number of benzene rings is 1. The molecule has 0 spiro atoms. The van der Waals surface area contributed by atoms with E-state index in [4.69, 9.17) is 21.6 Å². The van der Waals surface area contributed by atoms with Crippen molar-refractivity contribution in [3.8, 4) is 0 Å². The Balaban J connectivity index is 1.66. The molecule has 5 heteroatoms. The number of nitrogens with one attached hydrogen (secondary N) is 1. The molecule has 5 rings (SSSR count). The van der Waals surface area contributed by atoms with Gasteiger partial charge in [-0.2, -0.15) is 0 Å². The number of aromatic nitrogens is 2. The van der Waals surface area contributed by atoms with E-state index in [1.54, 1.807) is 0 Å². The van der Waals surface area contributed by atoms with E-state index in [9.17, 15) is 0 Å². The molecule has 0 amide bonds. The van der Waals surface area contributed by atoms with Crippen LogP contribution in [0.4, 0.5) is 11.5 Å². The SMILES string of the molecule is Clc1ccc(Nc2nc(C3CC3)nc3sc4c(c23)CCCC4)cc1. The molecule has 0 radical (unpaired) electrons. The Kier molecular flexibility index (Phi) is 3.49. The van der Waals surface area contributed by atoms with Gasteiger partial charge in [0.15, 0.2) is 0 Å².